The zero-order valence-electron chi connectivity index (χ0n) is 15.1. The number of carbonyl (C=O) groups excluding carboxylic acids is 1. The van der Waals surface area contributed by atoms with Gasteiger partial charge in [0.1, 0.15) is 23.6 Å². The summed E-state index contributed by atoms with van der Waals surface area (Å²) < 4.78 is 29.7. The molecule has 0 aliphatic rings. The van der Waals surface area contributed by atoms with Gasteiger partial charge in [-0.15, -0.1) is 12.6 Å². The number of pyridine rings is 1. The lowest BCUT2D eigenvalue weighted by atomic mass is 10.0. The number of aldehydes is 1. The van der Waals surface area contributed by atoms with Crippen molar-refractivity contribution in [1.29, 1.82) is 0 Å². The third-order valence-electron chi connectivity index (χ3n) is 4.55. The summed E-state index contributed by atoms with van der Waals surface area (Å²) in [6.07, 6.45) is 0.707. The molecule has 8 heteroatoms. The number of hydrogen-bond acceptors (Lipinski definition) is 5. The first kappa shape index (κ1) is 18.9. The third kappa shape index (κ3) is 3.21. The Morgan fingerprint density at radius 1 is 1.03 bits per heavy atom. The van der Waals surface area contributed by atoms with E-state index >= 15 is 0 Å². The first-order valence-corrected chi connectivity index (χ1v) is 8.99. The second kappa shape index (κ2) is 7.21. The number of aryl methyl sites for hydroxylation is 1. The quantitative estimate of drug-likeness (QED) is 0.314. The van der Waals surface area contributed by atoms with Gasteiger partial charge >= 0.3 is 0 Å². The van der Waals surface area contributed by atoms with Crippen LogP contribution in [0.15, 0.2) is 58.5 Å². The van der Waals surface area contributed by atoms with E-state index in [0.29, 0.717) is 28.5 Å². The van der Waals surface area contributed by atoms with E-state index < -0.39 is 22.9 Å². The third-order valence-corrected chi connectivity index (χ3v) is 4.75. The topological polar surface area (TPSA) is 64.8 Å². The summed E-state index contributed by atoms with van der Waals surface area (Å²) in [6, 6.07) is 11.1. The predicted molar refractivity (Wildman–Crippen MR) is 108 cm³/mol. The van der Waals surface area contributed by atoms with Crippen molar-refractivity contribution in [1.82, 2.24) is 14.5 Å². The van der Waals surface area contributed by atoms with Crippen LogP contribution in [-0.4, -0.2) is 20.8 Å². The highest BCUT2D eigenvalue weighted by Crippen LogP contribution is 2.31. The first-order valence-electron chi connectivity index (χ1n) is 8.54. The fourth-order valence-corrected chi connectivity index (χ4v) is 3.39. The molecule has 4 aromatic rings. The maximum Gasteiger partial charge on any atom is 0.256 e. The summed E-state index contributed by atoms with van der Waals surface area (Å²) >= 11 is 4.21. The Morgan fingerprint density at radius 2 is 1.76 bits per heavy atom. The van der Waals surface area contributed by atoms with Gasteiger partial charge in [0, 0.05) is 22.6 Å². The maximum absolute atomic E-state index is 14.4. The van der Waals surface area contributed by atoms with Crippen LogP contribution in [0.25, 0.3) is 28.0 Å². The Hall–Kier alpha value is -3.39. The van der Waals surface area contributed by atoms with E-state index in [-0.39, 0.29) is 10.8 Å². The normalized spacial score (nSPS) is 11.0. The van der Waals surface area contributed by atoms with Crippen molar-refractivity contribution >= 4 is 29.9 Å². The number of para-hydroxylation sites is 1. The Balaban J connectivity index is 2.15. The van der Waals surface area contributed by atoms with Crippen molar-refractivity contribution in [3.63, 3.8) is 0 Å². The van der Waals surface area contributed by atoms with Crippen LogP contribution in [0.2, 0.25) is 0 Å². The molecule has 0 amide bonds. The second-order valence-electron chi connectivity index (χ2n) is 6.38. The number of nitrogens with zero attached hydrogens (tertiary/aromatic N) is 3. The van der Waals surface area contributed by atoms with Crippen molar-refractivity contribution in [2.45, 2.75) is 12.1 Å². The van der Waals surface area contributed by atoms with Gasteiger partial charge < -0.3 is 0 Å². The summed E-state index contributed by atoms with van der Waals surface area (Å²) in [5.74, 6) is -1.81. The smallest absolute Gasteiger partial charge is 0.256 e. The van der Waals surface area contributed by atoms with E-state index in [9.17, 15) is 18.4 Å². The lowest BCUT2D eigenvalue weighted by Crippen LogP contribution is -2.21. The van der Waals surface area contributed by atoms with Gasteiger partial charge in [0.15, 0.2) is 10.8 Å². The number of hydrogen-bond donors (Lipinski definition) is 1. The lowest BCUT2D eigenvalue weighted by Gasteiger charge is -2.14. The van der Waals surface area contributed by atoms with Crippen molar-refractivity contribution in [3.05, 3.63) is 81.6 Å². The molecule has 0 bridgehead atoms. The fraction of sp³-hybridized carbons (Fsp3) is 0.0476. The monoisotopic (exact) mass is 409 g/mol. The molecule has 29 heavy (non-hydrogen) atoms. The molecule has 5 nitrogen and oxygen atoms in total. The zero-order chi connectivity index (χ0) is 20.7. The molecule has 0 radical (unpaired) electrons. The number of fused-ring (bicyclic) bond motifs is 1. The molecular weight excluding hydrogens is 396 g/mol. The van der Waals surface area contributed by atoms with Gasteiger partial charge in [0.2, 0.25) is 0 Å². The minimum Gasteiger partial charge on any atom is -0.298 e. The maximum atomic E-state index is 14.4. The highest BCUT2D eigenvalue weighted by atomic mass is 32.1. The van der Waals surface area contributed by atoms with E-state index in [2.05, 4.69) is 22.6 Å². The molecule has 2 heterocycles. The van der Waals surface area contributed by atoms with Crippen LogP contribution < -0.4 is 5.56 Å². The fourth-order valence-electron chi connectivity index (χ4n) is 3.20. The van der Waals surface area contributed by atoms with Crippen LogP contribution in [0.4, 0.5) is 8.78 Å². The molecule has 0 saturated heterocycles. The van der Waals surface area contributed by atoms with Crippen LogP contribution >= 0.6 is 12.6 Å². The van der Waals surface area contributed by atoms with Crippen LogP contribution in [0, 0.1) is 18.6 Å². The van der Waals surface area contributed by atoms with Gasteiger partial charge in [0.05, 0.1) is 5.69 Å². The van der Waals surface area contributed by atoms with E-state index in [1.165, 1.54) is 18.2 Å². The van der Waals surface area contributed by atoms with Crippen LogP contribution in [0.3, 0.4) is 0 Å². The van der Waals surface area contributed by atoms with E-state index in [4.69, 9.17) is 0 Å². The van der Waals surface area contributed by atoms with Crippen molar-refractivity contribution < 1.29 is 13.6 Å². The largest absolute Gasteiger partial charge is 0.298 e. The summed E-state index contributed by atoms with van der Waals surface area (Å²) in [6.45, 7) is 1.84. The van der Waals surface area contributed by atoms with Gasteiger partial charge in [-0.25, -0.2) is 18.7 Å². The molecular formula is C21H13F2N3O2S. The summed E-state index contributed by atoms with van der Waals surface area (Å²) in [5, 5.41) is 0.399. The molecule has 0 fully saturated rings. The van der Waals surface area contributed by atoms with E-state index in [0.717, 1.165) is 22.3 Å². The molecule has 144 valence electrons. The van der Waals surface area contributed by atoms with Gasteiger partial charge in [-0.1, -0.05) is 18.2 Å². The van der Waals surface area contributed by atoms with Crippen LogP contribution in [0.5, 0.6) is 0 Å². The Labute approximate surface area is 169 Å². The summed E-state index contributed by atoms with van der Waals surface area (Å²) in [5.41, 5.74) is 1.09. The minimum absolute atomic E-state index is 0.00686. The van der Waals surface area contributed by atoms with Gasteiger partial charge in [-0.05, 0) is 36.8 Å². The number of rotatable bonds is 3. The molecule has 2 aromatic carbocycles. The van der Waals surface area contributed by atoms with Gasteiger partial charge in [-0.2, -0.15) is 0 Å². The summed E-state index contributed by atoms with van der Waals surface area (Å²) in [7, 11) is 0. The molecule has 0 aliphatic heterocycles. The average Bonchev–Trinajstić information content (AvgIpc) is 2.69. The number of benzene rings is 2. The SMILES string of the molecule is Cc1ccc(C=O)cc1-c1nc(S)nc2c1ccc(=O)n2-c1c(F)cccc1F. The molecule has 0 unspecified atom stereocenters. The molecule has 0 spiro atoms. The summed E-state index contributed by atoms with van der Waals surface area (Å²) in [4.78, 5) is 32.3. The average molecular weight is 409 g/mol. The molecule has 0 atom stereocenters. The minimum atomic E-state index is -0.903. The molecule has 2 aromatic heterocycles. The van der Waals surface area contributed by atoms with Gasteiger partial charge in [-0.3, -0.25) is 14.2 Å². The van der Waals surface area contributed by atoms with Crippen LogP contribution in [-0.2, 0) is 0 Å². The molecule has 0 saturated carbocycles. The lowest BCUT2D eigenvalue weighted by molar-refractivity contribution is 0.112. The Morgan fingerprint density at radius 3 is 2.45 bits per heavy atom. The first-order chi connectivity index (χ1) is 13.9. The molecule has 4 rings (SSSR count). The van der Waals surface area contributed by atoms with Crippen molar-refractivity contribution in [2.75, 3.05) is 0 Å². The number of carbonyl (C=O) groups is 1. The number of thiol groups is 1. The predicted octanol–water partition coefficient (Wildman–Crippen LogP) is 4.14. The van der Waals surface area contributed by atoms with Crippen molar-refractivity contribution in [3.8, 4) is 16.9 Å². The van der Waals surface area contributed by atoms with E-state index in [1.54, 1.807) is 18.2 Å². The van der Waals surface area contributed by atoms with Crippen molar-refractivity contribution in [2.24, 2.45) is 0 Å². The highest BCUT2D eigenvalue weighted by molar-refractivity contribution is 7.80. The van der Waals surface area contributed by atoms with Crippen LogP contribution in [0.1, 0.15) is 15.9 Å². The Kier molecular flexibility index (Phi) is 4.71. The standard InChI is InChI=1S/C21H13F2N3O2S/c1-11-5-6-12(10-27)9-14(11)18-13-7-8-17(28)26(20(13)25-21(29)24-18)19-15(22)3-2-4-16(19)23/h2-10H,1H3,(H,24,25,29). The number of aromatic nitrogens is 3. The second-order valence-corrected chi connectivity index (χ2v) is 6.78. The van der Waals surface area contributed by atoms with E-state index in [1.807, 2.05) is 6.92 Å². The molecule has 0 N–H and O–H groups in total. The highest BCUT2D eigenvalue weighted by Gasteiger charge is 2.19. The molecule has 0 aliphatic carbocycles. The number of halogens is 2. The Bertz CT molecular complexity index is 1330. The zero-order valence-corrected chi connectivity index (χ0v) is 16.0. The van der Waals surface area contributed by atoms with Gasteiger partial charge in [0.25, 0.3) is 5.56 Å².